The first-order chi connectivity index (χ1) is 15.4. The first-order valence-corrected chi connectivity index (χ1v) is 10.9. The van der Waals surface area contributed by atoms with Gasteiger partial charge in [0.2, 0.25) is 0 Å². The highest BCUT2D eigenvalue weighted by Crippen LogP contribution is 2.28. The predicted molar refractivity (Wildman–Crippen MR) is 130 cm³/mol. The molecule has 0 spiro atoms. The number of nitrogens with zero attached hydrogens (tertiary/aromatic N) is 4. The maximum Gasteiger partial charge on any atom is 0.270 e. The zero-order valence-corrected chi connectivity index (χ0v) is 19.1. The Morgan fingerprint density at radius 3 is 2.38 bits per heavy atom. The van der Waals surface area contributed by atoms with Crippen LogP contribution in [0.2, 0.25) is 0 Å². The van der Waals surface area contributed by atoms with Crippen LogP contribution in [0.1, 0.15) is 30.3 Å². The molecule has 3 aromatic rings. The number of rotatable bonds is 5. The van der Waals surface area contributed by atoms with Gasteiger partial charge in [-0.1, -0.05) is 25.1 Å². The van der Waals surface area contributed by atoms with Crippen LogP contribution >= 0.6 is 12.2 Å². The normalized spacial score (nSPS) is 15.7. The van der Waals surface area contributed by atoms with E-state index >= 15 is 0 Å². The molecule has 0 bridgehead atoms. The minimum atomic E-state index is -0.412. The van der Waals surface area contributed by atoms with Crippen LogP contribution in [0.15, 0.2) is 66.5 Å². The second-order valence-corrected chi connectivity index (χ2v) is 8.01. The maximum atomic E-state index is 13.5. The van der Waals surface area contributed by atoms with Gasteiger partial charge in [-0.05, 0) is 74.5 Å². The van der Waals surface area contributed by atoms with Crippen molar-refractivity contribution in [3.05, 3.63) is 83.4 Å². The van der Waals surface area contributed by atoms with Gasteiger partial charge in [0, 0.05) is 24.1 Å². The Balaban J connectivity index is 1.82. The first-order valence-electron chi connectivity index (χ1n) is 10.5. The van der Waals surface area contributed by atoms with E-state index in [1.807, 2.05) is 69.3 Å². The fraction of sp³-hybridized carbons (Fsp3) is 0.200. The van der Waals surface area contributed by atoms with E-state index in [1.165, 1.54) is 9.80 Å². The van der Waals surface area contributed by atoms with Crippen LogP contribution in [0.3, 0.4) is 0 Å². The van der Waals surface area contributed by atoms with E-state index < -0.39 is 5.91 Å². The molecule has 0 radical (unpaired) electrons. The van der Waals surface area contributed by atoms with Gasteiger partial charge in [0.05, 0.1) is 17.6 Å². The van der Waals surface area contributed by atoms with E-state index in [4.69, 9.17) is 12.2 Å². The van der Waals surface area contributed by atoms with Crippen molar-refractivity contribution < 1.29 is 9.59 Å². The van der Waals surface area contributed by atoms with E-state index in [0.717, 1.165) is 29.1 Å². The third kappa shape index (κ3) is 3.76. The van der Waals surface area contributed by atoms with E-state index in [9.17, 15) is 9.59 Å². The number of thiocarbonyl (C=S) groups is 1. The molecular weight excluding hydrogens is 420 g/mol. The fourth-order valence-corrected chi connectivity index (χ4v) is 4.34. The summed E-state index contributed by atoms with van der Waals surface area (Å²) in [5, 5.41) is 0.214. The molecule has 2 amide bonds. The molecule has 1 aromatic carbocycles. The van der Waals surface area contributed by atoms with Crippen LogP contribution in [-0.4, -0.2) is 37.9 Å². The van der Waals surface area contributed by atoms with Crippen LogP contribution in [0.5, 0.6) is 0 Å². The van der Waals surface area contributed by atoms with Crippen LogP contribution in [0.4, 0.5) is 5.69 Å². The molecule has 1 aliphatic rings. The van der Waals surface area contributed by atoms with Gasteiger partial charge in [0.15, 0.2) is 5.11 Å². The summed E-state index contributed by atoms with van der Waals surface area (Å²) in [6.45, 7) is 6.37. The second kappa shape index (κ2) is 8.88. The molecule has 1 saturated heterocycles. The van der Waals surface area contributed by atoms with Crippen molar-refractivity contribution >= 4 is 40.9 Å². The number of pyridine rings is 1. The molecule has 2 aromatic heterocycles. The monoisotopic (exact) mass is 444 g/mol. The Hall–Kier alpha value is -3.58. The summed E-state index contributed by atoms with van der Waals surface area (Å²) >= 11 is 5.55. The Labute approximate surface area is 192 Å². The van der Waals surface area contributed by atoms with Crippen LogP contribution in [0.25, 0.3) is 11.8 Å². The van der Waals surface area contributed by atoms with E-state index in [1.54, 1.807) is 18.5 Å². The molecule has 1 aliphatic heterocycles. The average Bonchev–Trinajstić information content (AvgIpc) is 3.08. The quantitative estimate of drug-likeness (QED) is 0.332. The Kier molecular flexibility index (Phi) is 6.01. The number of anilines is 1. The van der Waals surface area contributed by atoms with E-state index in [2.05, 4.69) is 9.55 Å². The van der Waals surface area contributed by atoms with Crippen molar-refractivity contribution in [2.24, 2.45) is 0 Å². The molecule has 0 atom stereocenters. The van der Waals surface area contributed by atoms with Gasteiger partial charge in [0.1, 0.15) is 5.57 Å². The van der Waals surface area contributed by atoms with Gasteiger partial charge in [-0.3, -0.25) is 24.4 Å². The smallest absolute Gasteiger partial charge is 0.270 e. The topological polar surface area (TPSA) is 58.4 Å². The van der Waals surface area contributed by atoms with Crippen molar-refractivity contribution in [1.29, 1.82) is 0 Å². The van der Waals surface area contributed by atoms with Crippen molar-refractivity contribution in [2.45, 2.75) is 27.2 Å². The molecule has 3 heterocycles. The summed E-state index contributed by atoms with van der Waals surface area (Å²) in [5.41, 5.74) is 4.38. The second-order valence-electron chi connectivity index (χ2n) is 7.65. The molecular formula is C25H24N4O2S. The molecule has 162 valence electrons. The van der Waals surface area contributed by atoms with Gasteiger partial charge in [-0.2, -0.15) is 0 Å². The summed E-state index contributed by atoms with van der Waals surface area (Å²) in [5.74, 6) is -0.773. The van der Waals surface area contributed by atoms with Crippen LogP contribution in [-0.2, 0) is 9.59 Å². The highest BCUT2D eigenvalue weighted by atomic mass is 32.1. The number of aryl methyl sites for hydroxylation is 1. The third-order valence-electron chi connectivity index (χ3n) is 5.47. The number of amides is 2. The standard InChI is InChI=1S/C25H24N4O2S/c1-4-13-27-23(30)22(24(31)29(25(27)32)20-9-6-5-7-10-20)15-19-14-17(2)28(18(19)3)21-11-8-12-26-16-21/h5-12,14-16H,4,13H2,1-3H3/b22-15+. The third-order valence-corrected chi connectivity index (χ3v) is 5.87. The van der Waals surface area contributed by atoms with E-state index in [-0.39, 0.29) is 16.6 Å². The molecule has 6 nitrogen and oxygen atoms in total. The Morgan fingerprint density at radius 2 is 1.72 bits per heavy atom. The highest BCUT2D eigenvalue weighted by molar-refractivity contribution is 7.80. The van der Waals surface area contributed by atoms with Gasteiger partial charge >= 0.3 is 0 Å². The first kappa shape index (κ1) is 21.6. The molecule has 0 saturated carbocycles. The van der Waals surface area contributed by atoms with Crippen molar-refractivity contribution in [2.75, 3.05) is 11.4 Å². The number of benzene rings is 1. The lowest BCUT2D eigenvalue weighted by atomic mass is 10.1. The Bertz CT molecular complexity index is 1220. The van der Waals surface area contributed by atoms with Crippen LogP contribution < -0.4 is 4.90 Å². The number of aromatic nitrogens is 2. The molecule has 0 aliphatic carbocycles. The van der Waals surface area contributed by atoms with Crippen LogP contribution in [0, 0.1) is 13.8 Å². The summed E-state index contributed by atoms with van der Waals surface area (Å²) in [6.07, 6.45) is 5.92. The highest BCUT2D eigenvalue weighted by Gasteiger charge is 2.40. The van der Waals surface area contributed by atoms with Gasteiger partial charge in [0.25, 0.3) is 11.8 Å². The predicted octanol–water partition coefficient (Wildman–Crippen LogP) is 4.44. The zero-order chi connectivity index (χ0) is 22.8. The minimum absolute atomic E-state index is 0.0994. The Morgan fingerprint density at radius 1 is 1.00 bits per heavy atom. The molecule has 4 rings (SSSR count). The van der Waals surface area contributed by atoms with Crippen molar-refractivity contribution in [3.63, 3.8) is 0 Å². The zero-order valence-electron chi connectivity index (χ0n) is 18.3. The summed E-state index contributed by atoms with van der Waals surface area (Å²) < 4.78 is 2.06. The number of hydrogen-bond acceptors (Lipinski definition) is 4. The largest absolute Gasteiger partial charge is 0.316 e. The number of para-hydroxylation sites is 1. The lowest BCUT2D eigenvalue weighted by Crippen LogP contribution is -2.56. The van der Waals surface area contributed by atoms with Gasteiger partial charge in [-0.15, -0.1) is 0 Å². The fourth-order valence-electron chi connectivity index (χ4n) is 3.97. The molecule has 0 N–H and O–H groups in total. The lowest BCUT2D eigenvalue weighted by molar-refractivity contribution is -0.127. The summed E-state index contributed by atoms with van der Waals surface area (Å²) in [4.78, 5) is 33.9. The van der Waals surface area contributed by atoms with Crippen molar-refractivity contribution in [1.82, 2.24) is 14.5 Å². The van der Waals surface area contributed by atoms with Gasteiger partial charge < -0.3 is 4.57 Å². The number of carbonyl (C=O) groups is 2. The molecule has 32 heavy (non-hydrogen) atoms. The van der Waals surface area contributed by atoms with E-state index in [0.29, 0.717) is 12.2 Å². The maximum absolute atomic E-state index is 13.5. The SMILES string of the molecule is CCCN1C(=O)/C(=C\c2cc(C)n(-c3cccnc3)c2C)C(=O)N(c2ccccc2)C1=S. The molecule has 7 heteroatoms. The summed E-state index contributed by atoms with van der Waals surface area (Å²) in [6, 6.07) is 15.0. The minimum Gasteiger partial charge on any atom is -0.316 e. The molecule has 0 unspecified atom stereocenters. The van der Waals surface area contributed by atoms with Gasteiger partial charge in [-0.25, -0.2) is 0 Å². The number of hydrogen-bond donors (Lipinski definition) is 0. The number of carbonyl (C=O) groups excluding carboxylic acids is 2. The average molecular weight is 445 g/mol. The molecule has 1 fully saturated rings. The van der Waals surface area contributed by atoms with Crippen molar-refractivity contribution in [3.8, 4) is 5.69 Å². The summed E-state index contributed by atoms with van der Waals surface area (Å²) in [7, 11) is 0. The lowest BCUT2D eigenvalue weighted by Gasteiger charge is -2.36.